The van der Waals surface area contributed by atoms with Crippen LogP contribution in [0.2, 0.25) is 0 Å². The van der Waals surface area contributed by atoms with Crippen molar-refractivity contribution < 1.29 is 4.79 Å². The summed E-state index contributed by atoms with van der Waals surface area (Å²) in [7, 11) is 0. The number of nitrogens with zero attached hydrogens (tertiary/aromatic N) is 5. The molecular weight excluding hydrogens is 346 g/mol. The molecule has 1 saturated carbocycles. The van der Waals surface area contributed by atoms with Gasteiger partial charge in [0.1, 0.15) is 0 Å². The maximum absolute atomic E-state index is 12.7. The summed E-state index contributed by atoms with van der Waals surface area (Å²) in [5, 5.41) is 9.87. The number of amides is 1. The first-order chi connectivity index (χ1) is 12.4. The van der Waals surface area contributed by atoms with E-state index in [-0.39, 0.29) is 18.0 Å². The van der Waals surface area contributed by atoms with Crippen LogP contribution in [0.3, 0.4) is 0 Å². The molecule has 26 heavy (non-hydrogen) atoms. The first-order valence-corrected chi connectivity index (χ1v) is 11.0. The van der Waals surface area contributed by atoms with Gasteiger partial charge in [0.15, 0.2) is 5.16 Å². The summed E-state index contributed by atoms with van der Waals surface area (Å²) < 4.78 is 2.29. The molecule has 6 nitrogen and oxygen atoms in total. The predicted molar refractivity (Wildman–Crippen MR) is 107 cm³/mol. The second-order valence-corrected chi connectivity index (χ2v) is 9.27. The fraction of sp³-hybridized carbons (Fsp3) is 0.842. The van der Waals surface area contributed by atoms with Gasteiger partial charge in [-0.3, -0.25) is 9.36 Å². The molecule has 0 atom stereocenters. The van der Waals surface area contributed by atoms with E-state index in [0.29, 0.717) is 11.8 Å². The molecule has 2 aliphatic rings. The van der Waals surface area contributed by atoms with Gasteiger partial charge in [-0.05, 0) is 59.3 Å². The Labute approximate surface area is 161 Å². The van der Waals surface area contributed by atoms with Gasteiger partial charge in [-0.1, -0.05) is 18.7 Å². The largest absolute Gasteiger partial charge is 0.341 e. The number of carbonyl (C=O) groups is 1. The zero-order valence-electron chi connectivity index (χ0n) is 16.8. The molecular formula is C19H33N5OS. The first kappa shape index (κ1) is 19.5. The Balaban J connectivity index is 1.70. The van der Waals surface area contributed by atoms with Gasteiger partial charge in [0.25, 0.3) is 0 Å². The number of anilines is 1. The quantitative estimate of drug-likeness (QED) is 0.678. The molecule has 1 amide bonds. The van der Waals surface area contributed by atoms with Crippen LogP contribution in [0.25, 0.3) is 0 Å². The van der Waals surface area contributed by atoms with Gasteiger partial charge >= 0.3 is 0 Å². The summed E-state index contributed by atoms with van der Waals surface area (Å²) in [6, 6.07) is 0.953. The van der Waals surface area contributed by atoms with Crippen molar-refractivity contribution in [2.45, 2.75) is 83.6 Å². The molecule has 0 N–H and O–H groups in total. The molecule has 3 rings (SSSR count). The highest BCUT2D eigenvalue weighted by Gasteiger charge is 2.33. The summed E-state index contributed by atoms with van der Waals surface area (Å²) in [5.74, 6) is 2.42. The van der Waals surface area contributed by atoms with Crippen LogP contribution >= 0.6 is 11.8 Å². The molecule has 1 aromatic heterocycles. The molecule has 1 aliphatic heterocycles. The fourth-order valence-corrected chi connectivity index (χ4v) is 4.69. The number of thioether (sulfide) groups is 1. The standard InChI is InChI=1S/C19H33N5OS/c1-13(2)23(14(3)4)17(25)12-26-19-21-20-18(24(19)16-6-7-16)22-10-8-15(5)9-11-22/h13-16H,6-12H2,1-5H3. The molecule has 0 unspecified atom stereocenters. The van der Waals surface area contributed by atoms with E-state index in [4.69, 9.17) is 0 Å². The van der Waals surface area contributed by atoms with Crippen molar-refractivity contribution >= 4 is 23.6 Å². The number of hydrogen-bond donors (Lipinski definition) is 0. The van der Waals surface area contributed by atoms with Crippen molar-refractivity contribution in [1.29, 1.82) is 0 Å². The highest BCUT2D eigenvalue weighted by atomic mass is 32.2. The SMILES string of the molecule is CC1CCN(c2nnc(SCC(=O)N(C(C)C)C(C)C)n2C2CC2)CC1. The normalized spacial score (nSPS) is 18.8. The van der Waals surface area contributed by atoms with Gasteiger partial charge in [-0.15, -0.1) is 10.2 Å². The van der Waals surface area contributed by atoms with Crippen molar-refractivity contribution in [2.24, 2.45) is 5.92 Å². The zero-order chi connectivity index (χ0) is 18.8. The third-order valence-electron chi connectivity index (χ3n) is 5.35. The van der Waals surface area contributed by atoms with Gasteiger partial charge in [0, 0.05) is 31.2 Å². The first-order valence-electron chi connectivity index (χ1n) is 10.0. The van der Waals surface area contributed by atoms with E-state index in [1.807, 2.05) is 4.90 Å². The highest BCUT2D eigenvalue weighted by molar-refractivity contribution is 7.99. The highest BCUT2D eigenvalue weighted by Crippen LogP contribution is 2.41. The predicted octanol–water partition coefficient (Wildman–Crippen LogP) is 3.59. The smallest absolute Gasteiger partial charge is 0.233 e. The number of aromatic nitrogens is 3. The van der Waals surface area contributed by atoms with Crippen LogP contribution in [0.1, 0.15) is 66.3 Å². The summed E-state index contributed by atoms with van der Waals surface area (Å²) in [4.78, 5) is 17.0. The van der Waals surface area contributed by atoms with Gasteiger partial charge < -0.3 is 9.80 Å². The van der Waals surface area contributed by atoms with Gasteiger partial charge in [-0.2, -0.15) is 0 Å². The molecule has 146 valence electrons. The van der Waals surface area contributed by atoms with Crippen LogP contribution in [0.4, 0.5) is 5.95 Å². The Morgan fingerprint density at radius 2 is 1.73 bits per heavy atom. The minimum atomic E-state index is 0.179. The van der Waals surface area contributed by atoms with Gasteiger partial charge in [0.05, 0.1) is 5.75 Å². The van der Waals surface area contributed by atoms with Crippen molar-refractivity contribution in [3.8, 4) is 0 Å². The Morgan fingerprint density at radius 1 is 1.12 bits per heavy atom. The summed E-state index contributed by atoms with van der Waals surface area (Å²) in [5.41, 5.74) is 0. The van der Waals surface area contributed by atoms with E-state index in [0.717, 1.165) is 30.1 Å². The van der Waals surface area contributed by atoms with Crippen LogP contribution in [0.15, 0.2) is 5.16 Å². The van der Waals surface area contributed by atoms with Gasteiger partial charge in [-0.25, -0.2) is 0 Å². The Bertz CT molecular complexity index is 609. The van der Waals surface area contributed by atoms with E-state index in [9.17, 15) is 4.79 Å². The second-order valence-electron chi connectivity index (χ2n) is 8.33. The summed E-state index contributed by atoms with van der Waals surface area (Å²) in [6.45, 7) is 12.7. The van der Waals surface area contributed by atoms with Crippen LogP contribution in [-0.2, 0) is 4.79 Å². The summed E-state index contributed by atoms with van der Waals surface area (Å²) in [6.07, 6.45) is 4.83. The lowest BCUT2D eigenvalue weighted by atomic mass is 10.00. The van der Waals surface area contributed by atoms with Crippen molar-refractivity contribution in [3.63, 3.8) is 0 Å². The van der Waals surface area contributed by atoms with Crippen LogP contribution < -0.4 is 4.90 Å². The van der Waals surface area contributed by atoms with Crippen LogP contribution in [0.5, 0.6) is 0 Å². The van der Waals surface area contributed by atoms with E-state index in [2.05, 4.69) is 54.3 Å². The maximum Gasteiger partial charge on any atom is 0.233 e. The Hall–Kier alpha value is -1.24. The number of piperidine rings is 1. The number of hydrogen-bond acceptors (Lipinski definition) is 5. The minimum Gasteiger partial charge on any atom is -0.341 e. The molecule has 0 bridgehead atoms. The second kappa shape index (κ2) is 8.19. The van der Waals surface area contributed by atoms with Crippen molar-refractivity contribution in [2.75, 3.05) is 23.7 Å². The monoisotopic (exact) mass is 379 g/mol. The third-order valence-corrected chi connectivity index (χ3v) is 6.28. The average Bonchev–Trinajstić information content (AvgIpc) is 3.32. The van der Waals surface area contributed by atoms with E-state index in [1.54, 1.807) is 11.8 Å². The van der Waals surface area contributed by atoms with Crippen LogP contribution in [0, 0.1) is 5.92 Å². The molecule has 1 saturated heterocycles. The van der Waals surface area contributed by atoms with E-state index < -0.39 is 0 Å². The average molecular weight is 380 g/mol. The molecule has 0 spiro atoms. The lowest BCUT2D eigenvalue weighted by Gasteiger charge is -2.31. The molecule has 2 fully saturated rings. The van der Waals surface area contributed by atoms with E-state index >= 15 is 0 Å². The molecule has 0 radical (unpaired) electrons. The molecule has 7 heteroatoms. The number of rotatable bonds is 7. The maximum atomic E-state index is 12.7. The Morgan fingerprint density at radius 3 is 2.27 bits per heavy atom. The lowest BCUT2D eigenvalue weighted by Crippen LogP contribution is -2.43. The third kappa shape index (κ3) is 4.35. The fourth-order valence-electron chi connectivity index (χ4n) is 3.82. The number of carbonyl (C=O) groups excluding carboxylic acids is 1. The molecule has 2 heterocycles. The van der Waals surface area contributed by atoms with Crippen LogP contribution in [-0.4, -0.2) is 56.5 Å². The van der Waals surface area contributed by atoms with E-state index in [1.165, 1.54) is 25.7 Å². The molecule has 1 aromatic rings. The van der Waals surface area contributed by atoms with Crippen molar-refractivity contribution in [1.82, 2.24) is 19.7 Å². The molecule has 0 aromatic carbocycles. The summed E-state index contributed by atoms with van der Waals surface area (Å²) >= 11 is 1.54. The van der Waals surface area contributed by atoms with Crippen molar-refractivity contribution in [3.05, 3.63) is 0 Å². The Kier molecular flexibility index (Phi) is 6.15. The lowest BCUT2D eigenvalue weighted by molar-refractivity contribution is -0.131. The molecule has 1 aliphatic carbocycles. The zero-order valence-corrected chi connectivity index (χ0v) is 17.6. The topological polar surface area (TPSA) is 54.3 Å². The minimum absolute atomic E-state index is 0.179. The van der Waals surface area contributed by atoms with Gasteiger partial charge in [0.2, 0.25) is 11.9 Å².